The molecule has 0 aliphatic carbocycles. The molecular weight excluding hydrogens is 292 g/mol. The van der Waals surface area contributed by atoms with Crippen molar-refractivity contribution in [2.75, 3.05) is 29.9 Å². The first-order chi connectivity index (χ1) is 10.7. The van der Waals surface area contributed by atoms with Crippen molar-refractivity contribution in [1.29, 1.82) is 0 Å². The number of hydrogen-bond acceptors (Lipinski definition) is 5. The van der Waals surface area contributed by atoms with E-state index in [2.05, 4.69) is 34.4 Å². The molecule has 0 radical (unpaired) electrons. The van der Waals surface area contributed by atoms with Crippen molar-refractivity contribution in [2.24, 2.45) is 0 Å². The number of rotatable bonds is 7. The van der Waals surface area contributed by atoms with Crippen LogP contribution in [0, 0.1) is 0 Å². The minimum Gasteiger partial charge on any atom is -0.444 e. The van der Waals surface area contributed by atoms with E-state index >= 15 is 0 Å². The highest BCUT2D eigenvalue weighted by atomic mass is 16.6. The number of amides is 1. The predicted octanol–water partition coefficient (Wildman–Crippen LogP) is 3.25. The van der Waals surface area contributed by atoms with E-state index in [1.54, 1.807) is 0 Å². The van der Waals surface area contributed by atoms with Gasteiger partial charge in [-0.05, 0) is 53.7 Å². The van der Waals surface area contributed by atoms with Gasteiger partial charge in [0.2, 0.25) is 0 Å². The van der Waals surface area contributed by atoms with E-state index in [0.29, 0.717) is 6.54 Å². The van der Waals surface area contributed by atoms with E-state index < -0.39 is 11.7 Å². The first-order valence-electron chi connectivity index (χ1n) is 8.19. The lowest BCUT2D eigenvalue weighted by atomic mass is 10.2. The molecule has 0 aromatic carbocycles. The highest BCUT2D eigenvalue weighted by Crippen LogP contribution is 2.14. The van der Waals surface area contributed by atoms with Crippen LogP contribution < -0.4 is 15.5 Å². The van der Waals surface area contributed by atoms with E-state index in [1.807, 2.05) is 46.0 Å². The van der Waals surface area contributed by atoms with Gasteiger partial charge in [-0.15, -0.1) is 0 Å². The van der Waals surface area contributed by atoms with Crippen LogP contribution in [-0.4, -0.2) is 42.4 Å². The summed E-state index contributed by atoms with van der Waals surface area (Å²) in [5.41, 5.74) is 0.449. The molecule has 6 nitrogen and oxygen atoms in total. The van der Waals surface area contributed by atoms with Gasteiger partial charge in [0.25, 0.3) is 0 Å². The Balaban J connectivity index is 2.45. The molecule has 1 rings (SSSR count). The quantitative estimate of drug-likeness (QED) is 0.806. The number of pyridine rings is 1. The highest BCUT2D eigenvalue weighted by Gasteiger charge is 2.16. The van der Waals surface area contributed by atoms with Gasteiger partial charge >= 0.3 is 6.09 Å². The van der Waals surface area contributed by atoms with E-state index in [9.17, 15) is 4.79 Å². The van der Waals surface area contributed by atoms with Crippen molar-refractivity contribution in [1.82, 2.24) is 10.3 Å². The molecule has 0 aliphatic heterocycles. The Morgan fingerprint density at radius 2 is 1.96 bits per heavy atom. The zero-order valence-corrected chi connectivity index (χ0v) is 15.1. The van der Waals surface area contributed by atoms with Gasteiger partial charge < -0.3 is 20.3 Å². The third-order valence-corrected chi connectivity index (χ3v) is 3.20. The molecule has 0 saturated heterocycles. The molecule has 1 aromatic rings. The average Bonchev–Trinajstić information content (AvgIpc) is 2.46. The highest BCUT2D eigenvalue weighted by molar-refractivity contribution is 5.67. The maximum Gasteiger partial charge on any atom is 0.407 e. The molecule has 2 N–H and O–H groups in total. The van der Waals surface area contributed by atoms with Crippen LogP contribution in [0.4, 0.5) is 16.3 Å². The van der Waals surface area contributed by atoms with Gasteiger partial charge in [0.15, 0.2) is 0 Å². The van der Waals surface area contributed by atoms with Gasteiger partial charge in [-0.3, -0.25) is 0 Å². The van der Waals surface area contributed by atoms with Gasteiger partial charge in [-0.2, -0.15) is 0 Å². The van der Waals surface area contributed by atoms with E-state index in [-0.39, 0.29) is 6.04 Å². The molecule has 1 heterocycles. The molecular formula is C17H30N4O2. The monoisotopic (exact) mass is 322 g/mol. The molecule has 0 spiro atoms. The number of ether oxygens (including phenoxy) is 1. The fraction of sp³-hybridized carbons (Fsp3) is 0.647. The summed E-state index contributed by atoms with van der Waals surface area (Å²) in [4.78, 5) is 18.3. The second kappa shape index (κ2) is 8.60. The minimum absolute atomic E-state index is 0.0728. The molecule has 130 valence electrons. The van der Waals surface area contributed by atoms with Crippen molar-refractivity contribution < 1.29 is 9.53 Å². The zero-order valence-electron chi connectivity index (χ0n) is 15.1. The molecule has 6 heteroatoms. The molecule has 23 heavy (non-hydrogen) atoms. The fourth-order valence-electron chi connectivity index (χ4n) is 2.09. The Morgan fingerprint density at radius 1 is 1.30 bits per heavy atom. The van der Waals surface area contributed by atoms with E-state index in [1.165, 1.54) is 0 Å². The number of hydrogen-bond donors (Lipinski definition) is 2. The van der Waals surface area contributed by atoms with Crippen LogP contribution >= 0.6 is 0 Å². The Bertz CT molecular complexity index is 478. The van der Waals surface area contributed by atoms with E-state index in [0.717, 1.165) is 24.6 Å². The summed E-state index contributed by atoms with van der Waals surface area (Å²) in [6, 6.07) is 4.08. The number of carbonyl (C=O) groups is 1. The summed E-state index contributed by atoms with van der Waals surface area (Å²) < 4.78 is 5.21. The molecule has 1 aromatic heterocycles. The second-order valence-corrected chi connectivity index (χ2v) is 6.51. The third-order valence-electron chi connectivity index (χ3n) is 3.20. The van der Waals surface area contributed by atoms with Gasteiger partial charge in [0.05, 0.1) is 11.9 Å². The summed E-state index contributed by atoms with van der Waals surface area (Å²) >= 11 is 0. The lowest BCUT2D eigenvalue weighted by Gasteiger charge is -2.22. The van der Waals surface area contributed by atoms with Gasteiger partial charge in [-0.1, -0.05) is 0 Å². The number of alkyl carbamates (subject to hydrolysis) is 1. The van der Waals surface area contributed by atoms with Crippen LogP contribution in [0.3, 0.4) is 0 Å². The van der Waals surface area contributed by atoms with Gasteiger partial charge in [-0.25, -0.2) is 9.78 Å². The van der Waals surface area contributed by atoms with Crippen molar-refractivity contribution in [3.8, 4) is 0 Å². The van der Waals surface area contributed by atoms with Crippen LogP contribution in [0.2, 0.25) is 0 Å². The van der Waals surface area contributed by atoms with Crippen molar-refractivity contribution >= 4 is 17.6 Å². The molecule has 1 amide bonds. The smallest absolute Gasteiger partial charge is 0.407 e. The maximum absolute atomic E-state index is 11.6. The summed E-state index contributed by atoms with van der Waals surface area (Å²) in [7, 11) is 0. The molecule has 1 atom stereocenters. The van der Waals surface area contributed by atoms with Crippen LogP contribution in [-0.2, 0) is 4.74 Å². The Morgan fingerprint density at radius 3 is 2.43 bits per heavy atom. The Hall–Kier alpha value is -1.98. The molecule has 0 aliphatic rings. The lowest BCUT2D eigenvalue weighted by Crippen LogP contribution is -2.38. The number of nitrogens with zero attached hydrogens (tertiary/aromatic N) is 2. The van der Waals surface area contributed by atoms with Crippen molar-refractivity contribution in [3.05, 3.63) is 18.3 Å². The first-order valence-corrected chi connectivity index (χ1v) is 8.19. The summed E-state index contributed by atoms with van der Waals surface area (Å²) in [5.74, 6) is 0.972. The topological polar surface area (TPSA) is 66.5 Å². The second-order valence-electron chi connectivity index (χ2n) is 6.51. The summed E-state index contributed by atoms with van der Waals surface area (Å²) in [6.07, 6.45) is 1.42. The Kier molecular flexibility index (Phi) is 7.13. The van der Waals surface area contributed by atoms with Gasteiger partial charge in [0, 0.05) is 25.7 Å². The molecule has 0 saturated carbocycles. The normalized spacial score (nSPS) is 12.4. The average molecular weight is 322 g/mol. The first kappa shape index (κ1) is 19.1. The van der Waals surface area contributed by atoms with Crippen LogP contribution in [0.25, 0.3) is 0 Å². The zero-order chi connectivity index (χ0) is 17.5. The fourth-order valence-corrected chi connectivity index (χ4v) is 2.09. The summed E-state index contributed by atoms with van der Waals surface area (Å²) in [6.45, 7) is 14.1. The molecule has 0 bridgehead atoms. The lowest BCUT2D eigenvalue weighted by molar-refractivity contribution is 0.0526. The van der Waals surface area contributed by atoms with Crippen molar-refractivity contribution in [2.45, 2.75) is 53.2 Å². The Labute approximate surface area is 139 Å². The number of carbonyl (C=O) groups excluding carboxylic acids is 1. The maximum atomic E-state index is 11.6. The van der Waals surface area contributed by atoms with E-state index in [4.69, 9.17) is 4.74 Å². The van der Waals surface area contributed by atoms with Crippen LogP contribution in [0.1, 0.15) is 41.5 Å². The predicted molar refractivity (Wildman–Crippen MR) is 95.1 cm³/mol. The molecule has 0 fully saturated rings. The van der Waals surface area contributed by atoms with Gasteiger partial charge in [0.1, 0.15) is 11.4 Å². The minimum atomic E-state index is -0.481. The largest absolute Gasteiger partial charge is 0.444 e. The summed E-state index contributed by atoms with van der Waals surface area (Å²) in [5, 5.41) is 6.07. The standard InChI is InChI=1S/C17H30N4O2/c1-7-21(8-2)15-10-9-14(12-18-15)20-13(3)11-19-16(22)23-17(4,5)6/h9-10,12-13,20H,7-8,11H2,1-6H3,(H,19,22). The SMILES string of the molecule is CCN(CC)c1ccc(NC(C)CNC(=O)OC(C)(C)C)cn1. The third kappa shape index (κ3) is 7.21. The van der Waals surface area contributed by atoms with Crippen LogP contribution in [0.5, 0.6) is 0 Å². The molecule has 1 unspecified atom stereocenters. The number of anilines is 2. The number of nitrogens with one attached hydrogen (secondary N) is 2. The number of aromatic nitrogens is 1. The van der Waals surface area contributed by atoms with Crippen molar-refractivity contribution in [3.63, 3.8) is 0 Å². The van der Waals surface area contributed by atoms with Crippen LogP contribution in [0.15, 0.2) is 18.3 Å².